The molecule has 3 aromatic carbocycles. The van der Waals surface area contributed by atoms with Crippen LogP contribution < -0.4 is 10.6 Å². The highest BCUT2D eigenvalue weighted by Crippen LogP contribution is 2.20. The van der Waals surface area contributed by atoms with Crippen LogP contribution in [0.4, 0.5) is 10.2 Å². The molecule has 6 nitrogen and oxygen atoms in total. The molecule has 34 heavy (non-hydrogen) atoms. The van der Waals surface area contributed by atoms with Crippen LogP contribution in [0.3, 0.4) is 0 Å². The predicted octanol–water partition coefficient (Wildman–Crippen LogP) is 5.88. The minimum absolute atomic E-state index is 0.248. The summed E-state index contributed by atoms with van der Waals surface area (Å²) in [6.07, 6.45) is 0. The molecule has 0 aliphatic rings. The van der Waals surface area contributed by atoms with Gasteiger partial charge in [-0.25, -0.2) is 9.38 Å². The van der Waals surface area contributed by atoms with E-state index in [2.05, 4.69) is 25.8 Å². The number of nitrogens with zero attached hydrogens (tertiary/aromatic N) is 2. The van der Waals surface area contributed by atoms with E-state index in [1.54, 1.807) is 36.4 Å². The van der Waals surface area contributed by atoms with Crippen LogP contribution in [0.15, 0.2) is 77.8 Å². The van der Waals surface area contributed by atoms with Gasteiger partial charge < -0.3 is 5.32 Å². The maximum atomic E-state index is 13.2. The normalized spacial score (nSPS) is 11.4. The average Bonchev–Trinajstić information content (AvgIpc) is 3.29. The van der Waals surface area contributed by atoms with Crippen molar-refractivity contribution < 1.29 is 9.18 Å². The van der Waals surface area contributed by atoms with E-state index in [0.29, 0.717) is 28.6 Å². The lowest BCUT2D eigenvalue weighted by Gasteiger charge is -2.11. The molecule has 0 atom stereocenters. The van der Waals surface area contributed by atoms with E-state index in [1.165, 1.54) is 12.1 Å². The van der Waals surface area contributed by atoms with Crippen molar-refractivity contribution in [1.29, 1.82) is 0 Å². The van der Waals surface area contributed by atoms with Crippen LogP contribution in [-0.2, 0) is 6.54 Å². The highest BCUT2D eigenvalue weighted by Gasteiger charge is 2.13. The highest BCUT2D eigenvalue weighted by atomic mass is 35.5. The first-order chi connectivity index (χ1) is 16.4. The third-order valence-electron chi connectivity index (χ3n) is 5.30. The summed E-state index contributed by atoms with van der Waals surface area (Å²) in [5, 5.41) is 13.7. The van der Waals surface area contributed by atoms with Crippen LogP contribution in [0, 0.1) is 19.7 Å². The van der Waals surface area contributed by atoms with E-state index in [0.717, 1.165) is 22.3 Å². The number of nitrogens with one attached hydrogen (secondary N) is 3. The zero-order valence-corrected chi connectivity index (χ0v) is 19.4. The molecule has 0 unspecified atom stereocenters. The molecule has 0 radical (unpaired) electrons. The molecule has 0 spiro atoms. The van der Waals surface area contributed by atoms with Gasteiger partial charge in [0, 0.05) is 16.7 Å². The van der Waals surface area contributed by atoms with E-state index >= 15 is 0 Å². The van der Waals surface area contributed by atoms with Crippen molar-refractivity contribution in [1.82, 2.24) is 15.5 Å². The largest absolute Gasteiger partial charge is 0.309 e. The molecule has 0 aliphatic carbocycles. The predicted molar refractivity (Wildman–Crippen MR) is 134 cm³/mol. The topological polar surface area (TPSA) is 82.2 Å². The first-order valence-electron chi connectivity index (χ1n) is 10.6. The van der Waals surface area contributed by atoms with Gasteiger partial charge in [-0.3, -0.25) is 15.2 Å². The third kappa shape index (κ3) is 5.68. The lowest BCUT2D eigenvalue weighted by Crippen LogP contribution is -2.36. The summed E-state index contributed by atoms with van der Waals surface area (Å²) in [7, 11) is 0. The Hall–Kier alpha value is -3.97. The molecule has 1 heterocycles. The number of amides is 1. The van der Waals surface area contributed by atoms with E-state index in [9.17, 15) is 9.18 Å². The summed E-state index contributed by atoms with van der Waals surface area (Å²) in [5.74, 6) is 0.0611. The number of halogens is 2. The summed E-state index contributed by atoms with van der Waals surface area (Å²) in [6, 6.07) is 20.8. The summed E-state index contributed by atoms with van der Waals surface area (Å²) in [5.41, 5.74) is 4.87. The van der Waals surface area contributed by atoms with E-state index < -0.39 is 0 Å². The zero-order valence-electron chi connectivity index (χ0n) is 18.7. The Morgan fingerprint density at radius 1 is 1.03 bits per heavy atom. The zero-order chi connectivity index (χ0) is 24.1. The minimum Gasteiger partial charge on any atom is -0.309 e. The molecule has 0 saturated heterocycles. The van der Waals surface area contributed by atoms with Gasteiger partial charge in [-0.15, -0.1) is 0 Å². The SMILES string of the molecule is Cc1cc(C(=O)NC(=NCc2ccccc2C)Nc2cc(-c3ccc(F)cc3)[nH]n2)ccc1Cl. The molecule has 4 rings (SSSR count). The Kier molecular flexibility index (Phi) is 7.04. The third-order valence-corrected chi connectivity index (χ3v) is 5.72. The quantitative estimate of drug-likeness (QED) is 0.249. The fourth-order valence-electron chi connectivity index (χ4n) is 3.31. The van der Waals surface area contributed by atoms with Crippen molar-refractivity contribution in [3.63, 3.8) is 0 Å². The second-order valence-corrected chi connectivity index (χ2v) is 8.22. The fraction of sp³-hybridized carbons (Fsp3) is 0.115. The number of guanidine groups is 1. The maximum Gasteiger partial charge on any atom is 0.257 e. The first kappa shape index (κ1) is 23.2. The average molecular weight is 476 g/mol. The number of aromatic nitrogens is 2. The Morgan fingerprint density at radius 3 is 2.53 bits per heavy atom. The Labute approximate surface area is 201 Å². The molecule has 3 N–H and O–H groups in total. The maximum absolute atomic E-state index is 13.2. The summed E-state index contributed by atoms with van der Waals surface area (Å²) in [6.45, 7) is 4.21. The number of aryl methyl sites for hydroxylation is 2. The lowest BCUT2D eigenvalue weighted by atomic mass is 10.1. The van der Waals surface area contributed by atoms with Crippen molar-refractivity contribution in [2.45, 2.75) is 20.4 Å². The number of benzene rings is 3. The van der Waals surface area contributed by atoms with Crippen molar-refractivity contribution in [3.8, 4) is 11.3 Å². The smallest absolute Gasteiger partial charge is 0.257 e. The van der Waals surface area contributed by atoms with Gasteiger partial charge in [-0.1, -0.05) is 35.9 Å². The molecule has 4 aromatic rings. The van der Waals surface area contributed by atoms with Gasteiger partial charge in [0.25, 0.3) is 5.91 Å². The minimum atomic E-state index is -0.329. The highest BCUT2D eigenvalue weighted by molar-refractivity contribution is 6.31. The second-order valence-electron chi connectivity index (χ2n) is 7.81. The molecule has 172 valence electrons. The number of carbonyl (C=O) groups excluding carboxylic acids is 1. The molecular formula is C26H23ClFN5O. The summed E-state index contributed by atoms with van der Waals surface area (Å²) >= 11 is 6.09. The molecule has 0 fully saturated rings. The van der Waals surface area contributed by atoms with Gasteiger partial charge in [0.05, 0.1) is 12.2 Å². The lowest BCUT2D eigenvalue weighted by molar-refractivity contribution is 0.0977. The molecule has 0 aliphatic heterocycles. The number of aliphatic imine (C=N–C) groups is 1. The van der Waals surface area contributed by atoms with E-state index in [4.69, 9.17) is 11.6 Å². The van der Waals surface area contributed by atoms with Crippen molar-refractivity contribution >= 4 is 29.3 Å². The Bertz CT molecular complexity index is 1350. The number of H-pyrrole nitrogens is 1. The second kappa shape index (κ2) is 10.3. The van der Waals surface area contributed by atoms with Gasteiger partial charge in [-0.2, -0.15) is 5.10 Å². The number of carbonyl (C=O) groups is 1. The van der Waals surface area contributed by atoms with Crippen molar-refractivity contribution in [2.75, 3.05) is 5.32 Å². The number of hydrogen-bond acceptors (Lipinski definition) is 3. The van der Waals surface area contributed by atoms with Gasteiger partial charge in [-0.05, 0) is 78.6 Å². The molecular weight excluding hydrogens is 453 g/mol. The number of aromatic amines is 1. The molecule has 0 bridgehead atoms. The van der Waals surface area contributed by atoms with Crippen LogP contribution in [0.1, 0.15) is 27.0 Å². The van der Waals surface area contributed by atoms with Crippen LogP contribution in [0.5, 0.6) is 0 Å². The first-order valence-corrected chi connectivity index (χ1v) is 11.0. The number of anilines is 1. The summed E-state index contributed by atoms with van der Waals surface area (Å²) in [4.78, 5) is 17.5. The molecule has 1 amide bonds. The Morgan fingerprint density at radius 2 is 1.79 bits per heavy atom. The van der Waals surface area contributed by atoms with Crippen LogP contribution >= 0.6 is 11.6 Å². The van der Waals surface area contributed by atoms with Crippen molar-refractivity contribution in [2.24, 2.45) is 4.99 Å². The molecule has 1 aromatic heterocycles. The fourth-order valence-corrected chi connectivity index (χ4v) is 3.43. The monoisotopic (exact) mass is 475 g/mol. The van der Waals surface area contributed by atoms with Crippen molar-refractivity contribution in [3.05, 3.63) is 106 Å². The van der Waals surface area contributed by atoms with Gasteiger partial charge in [0.2, 0.25) is 5.96 Å². The summed E-state index contributed by atoms with van der Waals surface area (Å²) < 4.78 is 13.2. The standard InChI is InChI=1S/C26H23ClFN5O/c1-16-5-3-4-6-20(16)15-29-26(31-25(34)19-9-12-22(27)17(2)13-19)30-24-14-23(32-33-24)18-7-10-21(28)11-8-18/h3-14H,15H2,1-2H3,(H3,29,30,31,32,33,34). The van der Waals surface area contributed by atoms with Crippen LogP contribution in [-0.4, -0.2) is 22.1 Å². The van der Waals surface area contributed by atoms with E-state index in [-0.39, 0.29) is 17.7 Å². The van der Waals surface area contributed by atoms with Gasteiger partial charge >= 0.3 is 0 Å². The van der Waals surface area contributed by atoms with Crippen LogP contribution in [0.2, 0.25) is 5.02 Å². The van der Waals surface area contributed by atoms with Gasteiger partial charge in [0.15, 0.2) is 5.82 Å². The Balaban J connectivity index is 1.57. The number of hydrogen-bond donors (Lipinski definition) is 3. The van der Waals surface area contributed by atoms with E-state index in [1.807, 2.05) is 38.1 Å². The number of rotatable bonds is 5. The van der Waals surface area contributed by atoms with Crippen LogP contribution in [0.25, 0.3) is 11.3 Å². The molecule has 8 heteroatoms. The molecule has 0 saturated carbocycles. The van der Waals surface area contributed by atoms with Gasteiger partial charge in [0.1, 0.15) is 5.82 Å².